The summed E-state index contributed by atoms with van der Waals surface area (Å²) in [6.07, 6.45) is 1.91. The van der Waals surface area contributed by atoms with Gasteiger partial charge in [-0.15, -0.1) is 0 Å². The van der Waals surface area contributed by atoms with Crippen LogP contribution >= 0.6 is 0 Å². The fourth-order valence-corrected chi connectivity index (χ4v) is 5.02. The summed E-state index contributed by atoms with van der Waals surface area (Å²) in [5.41, 5.74) is 0.407. The standard InChI is InChI=1S/C31H24FN5O5/c32-23-10-11-24(42-31(41)35-28-21-9-5-4-6-19(21)12-13-33-28)26-25(23)22(18-34-26)27(38)30(40)37-16-14-36(15-17-37)29(39)20-7-2-1-3-8-20/h1-13,18,34H,14-17H2,(H,33,35,41). The fraction of sp³-hybridized carbons (Fsp3) is 0.129. The number of H-pyrrole nitrogens is 1. The van der Waals surface area contributed by atoms with Gasteiger partial charge in [-0.1, -0.05) is 42.5 Å². The van der Waals surface area contributed by atoms with Crippen molar-refractivity contribution in [2.75, 3.05) is 31.5 Å². The molecule has 3 aromatic carbocycles. The normalized spacial score (nSPS) is 13.3. The van der Waals surface area contributed by atoms with E-state index in [9.17, 15) is 23.6 Å². The zero-order valence-electron chi connectivity index (χ0n) is 22.2. The van der Waals surface area contributed by atoms with Gasteiger partial charge >= 0.3 is 6.09 Å². The Hall–Kier alpha value is -5.58. The highest BCUT2D eigenvalue weighted by atomic mass is 19.1. The molecule has 2 aromatic heterocycles. The van der Waals surface area contributed by atoms with E-state index in [0.29, 0.717) is 10.9 Å². The monoisotopic (exact) mass is 565 g/mol. The molecule has 0 spiro atoms. The molecule has 1 aliphatic heterocycles. The molecular formula is C31H24FN5O5. The van der Waals surface area contributed by atoms with Crippen LogP contribution in [-0.2, 0) is 4.79 Å². The maximum absolute atomic E-state index is 15.0. The molecule has 10 nitrogen and oxygen atoms in total. The van der Waals surface area contributed by atoms with Gasteiger partial charge in [0.25, 0.3) is 17.6 Å². The van der Waals surface area contributed by atoms with Crippen molar-refractivity contribution in [3.8, 4) is 5.75 Å². The summed E-state index contributed by atoms with van der Waals surface area (Å²) >= 11 is 0. The molecule has 3 heterocycles. The third-order valence-electron chi connectivity index (χ3n) is 7.16. The summed E-state index contributed by atoms with van der Waals surface area (Å²) in [6.45, 7) is 0.830. The van der Waals surface area contributed by atoms with Crippen LogP contribution in [-0.4, -0.2) is 69.6 Å². The van der Waals surface area contributed by atoms with E-state index in [-0.39, 0.29) is 60.1 Å². The van der Waals surface area contributed by atoms with Gasteiger partial charge in [-0.2, -0.15) is 0 Å². The second kappa shape index (κ2) is 11.1. The van der Waals surface area contributed by atoms with Crippen LogP contribution in [0.2, 0.25) is 0 Å². The number of benzene rings is 3. The number of hydrogen-bond donors (Lipinski definition) is 2. The van der Waals surface area contributed by atoms with Gasteiger partial charge in [0.2, 0.25) is 0 Å². The summed E-state index contributed by atoms with van der Waals surface area (Å²) in [5.74, 6) is -2.39. The quantitative estimate of drug-likeness (QED) is 0.237. The van der Waals surface area contributed by atoms with Crippen LogP contribution in [0.15, 0.2) is 85.2 Å². The minimum absolute atomic E-state index is 0.0383. The zero-order valence-corrected chi connectivity index (χ0v) is 22.2. The van der Waals surface area contributed by atoms with Crippen molar-refractivity contribution < 1.29 is 28.3 Å². The van der Waals surface area contributed by atoms with E-state index < -0.39 is 23.6 Å². The molecule has 42 heavy (non-hydrogen) atoms. The molecule has 2 N–H and O–H groups in total. The SMILES string of the molecule is O=C(Nc1nccc2ccccc12)Oc1ccc(F)c2c(C(=O)C(=O)N3CCN(C(=O)c4ccccc4)CC3)c[nH]c12. The molecule has 0 aliphatic carbocycles. The fourth-order valence-electron chi connectivity index (χ4n) is 5.02. The third kappa shape index (κ3) is 5.03. The van der Waals surface area contributed by atoms with Gasteiger partial charge < -0.3 is 19.5 Å². The third-order valence-corrected chi connectivity index (χ3v) is 7.16. The first-order valence-corrected chi connectivity index (χ1v) is 13.2. The molecule has 0 unspecified atom stereocenters. The maximum Gasteiger partial charge on any atom is 0.418 e. The predicted octanol–water partition coefficient (Wildman–Crippen LogP) is 4.63. The molecule has 1 aliphatic rings. The van der Waals surface area contributed by atoms with Crippen molar-refractivity contribution in [1.29, 1.82) is 0 Å². The van der Waals surface area contributed by atoms with Crippen molar-refractivity contribution in [2.24, 2.45) is 0 Å². The molecule has 5 aromatic rings. The van der Waals surface area contributed by atoms with E-state index >= 15 is 0 Å². The number of nitrogens with zero attached hydrogens (tertiary/aromatic N) is 3. The van der Waals surface area contributed by atoms with E-state index in [2.05, 4.69) is 15.3 Å². The number of amides is 3. The molecule has 1 saturated heterocycles. The van der Waals surface area contributed by atoms with E-state index in [1.165, 1.54) is 17.2 Å². The number of halogens is 1. The largest absolute Gasteiger partial charge is 0.418 e. The number of ether oxygens (including phenoxy) is 1. The van der Waals surface area contributed by atoms with E-state index in [1.54, 1.807) is 47.5 Å². The second-order valence-corrected chi connectivity index (χ2v) is 9.67. The van der Waals surface area contributed by atoms with Crippen molar-refractivity contribution >= 4 is 51.2 Å². The molecular weight excluding hydrogens is 541 g/mol. The van der Waals surface area contributed by atoms with Gasteiger partial charge in [0.05, 0.1) is 16.5 Å². The highest BCUT2D eigenvalue weighted by molar-refractivity contribution is 6.45. The van der Waals surface area contributed by atoms with Crippen molar-refractivity contribution in [3.63, 3.8) is 0 Å². The number of aromatic nitrogens is 2. The number of carbonyl (C=O) groups is 4. The highest BCUT2D eigenvalue weighted by Crippen LogP contribution is 2.31. The Morgan fingerprint density at radius 3 is 2.36 bits per heavy atom. The number of piperazine rings is 1. The average molecular weight is 566 g/mol. The minimum Gasteiger partial charge on any atom is -0.408 e. The summed E-state index contributed by atoms with van der Waals surface area (Å²) in [4.78, 5) is 61.7. The number of fused-ring (bicyclic) bond motifs is 2. The summed E-state index contributed by atoms with van der Waals surface area (Å²) in [6, 6.07) is 20.3. The van der Waals surface area contributed by atoms with Gasteiger partial charge in [-0.05, 0) is 35.7 Å². The number of aromatic amines is 1. The molecule has 0 saturated carbocycles. The average Bonchev–Trinajstić information content (AvgIpc) is 3.49. The minimum atomic E-state index is -0.912. The Labute approximate surface area is 238 Å². The number of nitrogens with one attached hydrogen (secondary N) is 2. The molecule has 210 valence electrons. The van der Waals surface area contributed by atoms with E-state index in [0.717, 1.165) is 11.5 Å². The first-order chi connectivity index (χ1) is 20.4. The predicted molar refractivity (Wildman–Crippen MR) is 153 cm³/mol. The molecule has 11 heteroatoms. The number of ketones is 1. The van der Waals surface area contributed by atoms with Crippen LogP contribution in [0.3, 0.4) is 0 Å². The molecule has 6 rings (SSSR count). The Balaban J connectivity index is 1.16. The van der Waals surface area contributed by atoms with Crippen molar-refractivity contribution in [3.05, 3.63) is 102 Å². The van der Waals surface area contributed by atoms with Crippen LogP contribution in [0.4, 0.5) is 15.0 Å². The molecule has 0 bridgehead atoms. The smallest absolute Gasteiger partial charge is 0.408 e. The number of pyridine rings is 1. The van der Waals surface area contributed by atoms with E-state index in [1.807, 2.05) is 24.3 Å². The Morgan fingerprint density at radius 2 is 1.57 bits per heavy atom. The Kier molecular flexibility index (Phi) is 7.05. The van der Waals surface area contributed by atoms with Gasteiger partial charge in [0, 0.05) is 49.5 Å². The second-order valence-electron chi connectivity index (χ2n) is 9.67. The van der Waals surface area contributed by atoms with Crippen LogP contribution in [0.25, 0.3) is 21.7 Å². The van der Waals surface area contributed by atoms with Crippen molar-refractivity contribution in [2.45, 2.75) is 0 Å². The van der Waals surface area contributed by atoms with Gasteiger partial charge in [-0.25, -0.2) is 14.2 Å². The van der Waals surface area contributed by atoms with Crippen LogP contribution in [0.1, 0.15) is 20.7 Å². The van der Waals surface area contributed by atoms with Gasteiger partial charge in [0.15, 0.2) is 5.75 Å². The summed E-state index contributed by atoms with van der Waals surface area (Å²) in [7, 11) is 0. The Morgan fingerprint density at radius 1 is 0.857 bits per heavy atom. The lowest BCUT2D eigenvalue weighted by molar-refractivity contribution is -0.127. The van der Waals surface area contributed by atoms with Gasteiger partial charge in [-0.3, -0.25) is 19.7 Å². The number of rotatable bonds is 5. The van der Waals surface area contributed by atoms with Crippen LogP contribution < -0.4 is 10.1 Å². The molecule has 1 fully saturated rings. The number of Topliss-reactive ketones (excluding diaryl/α,β-unsaturated/α-hetero) is 1. The van der Waals surface area contributed by atoms with Crippen LogP contribution in [0, 0.1) is 5.82 Å². The first-order valence-electron chi connectivity index (χ1n) is 13.2. The first kappa shape index (κ1) is 26.6. The Bertz CT molecular complexity index is 1840. The lowest BCUT2D eigenvalue weighted by Crippen LogP contribution is -2.52. The summed E-state index contributed by atoms with van der Waals surface area (Å²) in [5, 5.41) is 4.00. The van der Waals surface area contributed by atoms with E-state index in [4.69, 9.17) is 4.74 Å². The maximum atomic E-state index is 15.0. The zero-order chi connectivity index (χ0) is 29.2. The topological polar surface area (TPSA) is 125 Å². The highest BCUT2D eigenvalue weighted by Gasteiger charge is 2.31. The van der Waals surface area contributed by atoms with Gasteiger partial charge in [0.1, 0.15) is 11.6 Å². The number of carbonyl (C=O) groups excluding carboxylic acids is 4. The number of hydrogen-bond acceptors (Lipinski definition) is 6. The molecule has 0 radical (unpaired) electrons. The lowest BCUT2D eigenvalue weighted by Gasteiger charge is -2.34. The molecule has 3 amide bonds. The van der Waals surface area contributed by atoms with Crippen molar-refractivity contribution in [1.82, 2.24) is 19.8 Å². The molecule has 0 atom stereocenters. The number of anilines is 1. The summed E-state index contributed by atoms with van der Waals surface area (Å²) < 4.78 is 20.4. The lowest BCUT2D eigenvalue weighted by atomic mass is 10.1. The van der Waals surface area contributed by atoms with Crippen LogP contribution in [0.5, 0.6) is 5.75 Å².